The molecule has 0 heterocycles. The Bertz CT molecular complexity index is 317. The lowest BCUT2D eigenvalue weighted by Gasteiger charge is -2.06. The minimum atomic E-state index is -0.809. The quantitative estimate of drug-likeness (QED) is 0.420. The molecule has 0 saturated carbocycles. The van der Waals surface area contributed by atoms with E-state index in [1.807, 2.05) is 0 Å². The summed E-state index contributed by atoms with van der Waals surface area (Å²) in [4.78, 5) is 2.53. The van der Waals surface area contributed by atoms with Crippen LogP contribution < -0.4 is 0 Å². The number of nitrogens with zero attached hydrogens (tertiary/aromatic N) is 3. The molecular weight excluding hydrogens is 170 g/mol. The molecule has 0 spiro atoms. The monoisotopic (exact) mass is 179 g/mol. The topological polar surface area (TPSA) is 89.2 Å². The number of aliphatic hydroxyl groups excluding tert-OH is 1. The predicted molar refractivity (Wildman–Crippen MR) is 47.1 cm³/mol. The van der Waals surface area contributed by atoms with Crippen LogP contribution in [0.3, 0.4) is 0 Å². The average Bonchev–Trinajstić information content (AvgIpc) is 2.15. The smallest absolute Gasteiger partial charge is 0.115 e. The third-order valence-electron chi connectivity index (χ3n) is 1.60. The molecule has 13 heavy (non-hydrogen) atoms. The van der Waals surface area contributed by atoms with Gasteiger partial charge in [0.1, 0.15) is 5.75 Å². The zero-order chi connectivity index (χ0) is 9.68. The first kappa shape index (κ1) is 9.38. The van der Waals surface area contributed by atoms with Crippen molar-refractivity contribution in [3.8, 4) is 5.75 Å². The number of phenols is 1. The number of azide groups is 1. The highest BCUT2D eigenvalue weighted by Crippen LogP contribution is 2.16. The van der Waals surface area contributed by atoms with Gasteiger partial charge in [-0.2, -0.15) is 0 Å². The van der Waals surface area contributed by atoms with Crippen molar-refractivity contribution in [2.45, 2.75) is 6.10 Å². The minimum absolute atomic E-state index is 0.00127. The number of hydrogen-bond acceptors (Lipinski definition) is 3. The lowest BCUT2D eigenvalue weighted by Crippen LogP contribution is -1.99. The molecule has 5 nitrogen and oxygen atoms in total. The van der Waals surface area contributed by atoms with Gasteiger partial charge < -0.3 is 10.2 Å². The maximum atomic E-state index is 9.40. The molecule has 0 amide bonds. The summed E-state index contributed by atoms with van der Waals surface area (Å²) in [5, 5.41) is 21.6. The van der Waals surface area contributed by atoms with Gasteiger partial charge in [0, 0.05) is 4.91 Å². The van der Waals surface area contributed by atoms with Crippen molar-refractivity contribution in [2.24, 2.45) is 5.11 Å². The maximum Gasteiger partial charge on any atom is 0.115 e. The van der Waals surface area contributed by atoms with Crippen LogP contribution in [0.5, 0.6) is 5.75 Å². The van der Waals surface area contributed by atoms with Gasteiger partial charge in [-0.25, -0.2) is 0 Å². The second-order valence-corrected chi connectivity index (χ2v) is 2.52. The summed E-state index contributed by atoms with van der Waals surface area (Å²) in [6.45, 7) is 0.00127. The Balaban J connectivity index is 2.71. The molecule has 0 unspecified atom stereocenters. The first-order chi connectivity index (χ1) is 6.24. The highest BCUT2D eigenvalue weighted by molar-refractivity contribution is 5.27. The van der Waals surface area contributed by atoms with E-state index < -0.39 is 6.10 Å². The van der Waals surface area contributed by atoms with E-state index in [0.29, 0.717) is 5.56 Å². The number of aromatic hydroxyl groups is 1. The van der Waals surface area contributed by atoms with Crippen LogP contribution in [-0.4, -0.2) is 16.8 Å². The van der Waals surface area contributed by atoms with E-state index in [-0.39, 0.29) is 12.3 Å². The van der Waals surface area contributed by atoms with Gasteiger partial charge in [0.2, 0.25) is 0 Å². The van der Waals surface area contributed by atoms with Crippen molar-refractivity contribution in [1.82, 2.24) is 0 Å². The van der Waals surface area contributed by atoms with E-state index in [0.717, 1.165) is 0 Å². The Morgan fingerprint density at radius 3 is 2.54 bits per heavy atom. The second kappa shape index (κ2) is 4.35. The SMILES string of the molecule is [N-]=[N+]=NC[C@H](O)c1ccc(O)cc1. The fourth-order valence-electron chi connectivity index (χ4n) is 0.916. The molecular formula is C8H9N3O2. The molecule has 0 radical (unpaired) electrons. The highest BCUT2D eigenvalue weighted by Gasteiger charge is 2.04. The van der Waals surface area contributed by atoms with Crippen LogP contribution in [0.1, 0.15) is 11.7 Å². The van der Waals surface area contributed by atoms with Crippen molar-refractivity contribution in [3.05, 3.63) is 40.3 Å². The fraction of sp³-hybridized carbons (Fsp3) is 0.250. The molecule has 1 aromatic rings. The van der Waals surface area contributed by atoms with Crippen LogP contribution >= 0.6 is 0 Å². The molecule has 0 aliphatic heterocycles. The summed E-state index contributed by atoms with van der Waals surface area (Å²) in [7, 11) is 0. The molecule has 1 aromatic carbocycles. The van der Waals surface area contributed by atoms with E-state index in [1.165, 1.54) is 12.1 Å². The van der Waals surface area contributed by atoms with Crippen LogP contribution in [0.2, 0.25) is 0 Å². The van der Waals surface area contributed by atoms with Gasteiger partial charge in [0.05, 0.1) is 12.6 Å². The lowest BCUT2D eigenvalue weighted by molar-refractivity contribution is 0.186. The number of benzene rings is 1. The van der Waals surface area contributed by atoms with Gasteiger partial charge >= 0.3 is 0 Å². The van der Waals surface area contributed by atoms with Gasteiger partial charge in [0.25, 0.3) is 0 Å². The largest absolute Gasteiger partial charge is 0.508 e. The zero-order valence-electron chi connectivity index (χ0n) is 6.83. The number of aliphatic hydroxyl groups is 1. The third kappa shape index (κ3) is 2.66. The van der Waals surface area contributed by atoms with Gasteiger partial charge in [-0.15, -0.1) is 0 Å². The second-order valence-electron chi connectivity index (χ2n) is 2.52. The van der Waals surface area contributed by atoms with Gasteiger partial charge in [0.15, 0.2) is 0 Å². The average molecular weight is 179 g/mol. The standard InChI is InChI=1S/C8H9N3O2/c9-11-10-5-8(13)6-1-3-7(12)4-2-6/h1-4,8,12-13H,5H2/t8-/m0/s1. The van der Waals surface area contributed by atoms with Crippen molar-refractivity contribution in [1.29, 1.82) is 0 Å². The molecule has 0 aliphatic rings. The molecule has 0 fully saturated rings. The maximum absolute atomic E-state index is 9.40. The van der Waals surface area contributed by atoms with Crippen molar-refractivity contribution >= 4 is 0 Å². The first-order valence-corrected chi connectivity index (χ1v) is 3.72. The molecule has 0 bridgehead atoms. The summed E-state index contributed by atoms with van der Waals surface area (Å²) in [6, 6.07) is 6.09. The summed E-state index contributed by atoms with van der Waals surface area (Å²) in [5.74, 6) is 0.139. The van der Waals surface area contributed by atoms with Crippen molar-refractivity contribution in [3.63, 3.8) is 0 Å². The van der Waals surface area contributed by atoms with Crippen molar-refractivity contribution < 1.29 is 10.2 Å². The molecule has 1 atom stereocenters. The van der Waals surface area contributed by atoms with Crippen LogP contribution in [0.25, 0.3) is 10.4 Å². The van der Waals surface area contributed by atoms with E-state index in [1.54, 1.807) is 12.1 Å². The third-order valence-corrected chi connectivity index (χ3v) is 1.60. The van der Waals surface area contributed by atoms with E-state index in [4.69, 9.17) is 10.6 Å². The summed E-state index contributed by atoms with van der Waals surface area (Å²) in [5.41, 5.74) is 8.63. The van der Waals surface area contributed by atoms with E-state index in [2.05, 4.69) is 10.0 Å². The van der Waals surface area contributed by atoms with Crippen molar-refractivity contribution in [2.75, 3.05) is 6.54 Å². The first-order valence-electron chi connectivity index (χ1n) is 3.72. The minimum Gasteiger partial charge on any atom is -0.508 e. The molecule has 0 saturated heterocycles. The molecule has 5 heteroatoms. The Morgan fingerprint density at radius 2 is 2.00 bits per heavy atom. The van der Waals surface area contributed by atoms with Crippen LogP contribution in [0.4, 0.5) is 0 Å². The normalized spacial score (nSPS) is 11.8. The van der Waals surface area contributed by atoms with Crippen LogP contribution in [0.15, 0.2) is 29.4 Å². The Morgan fingerprint density at radius 1 is 1.38 bits per heavy atom. The van der Waals surface area contributed by atoms with Crippen LogP contribution in [-0.2, 0) is 0 Å². The summed E-state index contributed by atoms with van der Waals surface area (Å²) in [6.07, 6.45) is -0.809. The summed E-state index contributed by atoms with van der Waals surface area (Å²) < 4.78 is 0. The molecule has 2 N–H and O–H groups in total. The Labute approximate surface area is 74.9 Å². The zero-order valence-corrected chi connectivity index (χ0v) is 6.83. The van der Waals surface area contributed by atoms with Gasteiger partial charge in [-0.3, -0.25) is 0 Å². The Hall–Kier alpha value is -1.71. The number of hydrogen-bond donors (Lipinski definition) is 2. The summed E-state index contributed by atoms with van der Waals surface area (Å²) >= 11 is 0. The number of phenolic OH excluding ortho intramolecular Hbond substituents is 1. The van der Waals surface area contributed by atoms with Gasteiger partial charge in [-0.1, -0.05) is 17.2 Å². The van der Waals surface area contributed by atoms with E-state index in [9.17, 15) is 5.11 Å². The molecule has 1 rings (SSSR count). The lowest BCUT2D eigenvalue weighted by atomic mass is 10.1. The van der Waals surface area contributed by atoms with Gasteiger partial charge in [-0.05, 0) is 23.2 Å². The Kier molecular flexibility index (Phi) is 3.14. The molecule has 0 aliphatic carbocycles. The van der Waals surface area contributed by atoms with E-state index >= 15 is 0 Å². The highest BCUT2D eigenvalue weighted by atomic mass is 16.3. The molecule has 0 aromatic heterocycles. The molecule has 68 valence electrons. The number of rotatable bonds is 3. The van der Waals surface area contributed by atoms with Crippen LogP contribution in [0, 0.1) is 0 Å². The predicted octanol–water partition coefficient (Wildman–Crippen LogP) is 1.74. The fourth-order valence-corrected chi connectivity index (χ4v) is 0.916.